The maximum Gasteiger partial charge on any atom is 0.271 e. The minimum absolute atomic E-state index is 0.380. The summed E-state index contributed by atoms with van der Waals surface area (Å²) in [5, 5.41) is 3.30. The number of nitrogens with one attached hydrogen (secondary N) is 2. The van der Waals surface area contributed by atoms with Crippen LogP contribution < -0.4 is 10.0 Å². The van der Waals surface area contributed by atoms with Crippen LogP contribution in [0.15, 0.2) is 34.5 Å². The Kier molecular flexibility index (Phi) is 4.01. The molecule has 1 aromatic heterocycles. The van der Waals surface area contributed by atoms with Gasteiger partial charge in [-0.05, 0) is 48.7 Å². The summed E-state index contributed by atoms with van der Waals surface area (Å²) in [7, 11) is -3.49. The molecule has 2 heterocycles. The van der Waals surface area contributed by atoms with Crippen LogP contribution in [0.25, 0.3) is 0 Å². The van der Waals surface area contributed by atoms with Gasteiger partial charge >= 0.3 is 0 Å². The van der Waals surface area contributed by atoms with Crippen molar-refractivity contribution in [3.63, 3.8) is 0 Å². The quantitative estimate of drug-likeness (QED) is 0.910. The number of rotatable bonds is 4. The molecule has 2 aromatic rings. The summed E-state index contributed by atoms with van der Waals surface area (Å²) >= 11 is 1.33. The molecule has 0 spiro atoms. The zero-order chi connectivity index (χ0) is 14.9. The topological polar surface area (TPSA) is 58.2 Å². The van der Waals surface area contributed by atoms with Crippen molar-refractivity contribution in [1.82, 2.24) is 5.32 Å². The summed E-state index contributed by atoms with van der Waals surface area (Å²) in [6.07, 6.45) is 1.70. The molecule has 0 amide bonds. The fraction of sp³-hybridized carbons (Fsp3) is 0.333. The highest BCUT2D eigenvalue weighted by Gasteiger charge is 2.20. The number of sulfonamides is 1. The van der Waals surface area contributed by atoms with Crippen LogP contribution in [0.3, 0.4) is 0 Å². The molecule has 1 aromatic carbocycles. The van der Waals surface area contributed by atoms with Gasteiger partial charge in [0.05, 0.1) is 5.69 Å². The van der Waals surface area contributed by atoms with Gasteiger partial charge in [0.25, 0.3) is 10.0 Å². The van der Waals surface area contributed by atoms with Gasteiger partial charge in [-0.15, -0.1) is 11.3 Å². The lowest BCUT2D eigenvalue weighted by atomic mass is 9.99. The van der Waals surface area contributed by atoms with Crippen LogP contribution in [0.4, 0.5) is 5.69 Å². The maximum atomic E-state index is 12.5. The molecule has 0 saturated heterocycles. The predicted molar refractivity (Wildman–Crippen MR) is 86.4 cm³/mol. The first-order valence-electron chi connectivity index (χ1n) is 7.03. The standard InChI is InChI=1S/C15H18N2O2S2/c1-2-12-6-7-15(20-12)21(18,19)17-14-5-3-4-11-10-16-9-8-13(11)14/h3-7,16-17H,2,8-10H2,1H3. The van der Waals surface area contributed by atoms with Crippen molar-refractivity contribution < 1.29 is 8.42 Å². The second-order valence-electron chi connectivity index (χ2n) is 5.05. The predicted octanol–water partition coefficient (Wildman–Crippen LogP) is 2.76. The van der Waals surface area contributed by atoms with Crippen LogP contribution in [-0.4, -0.2) is 15.0 Å². The Morgan fingerprint density at radius 1 is 1.29 bits per heavy atom. The summed E-state index contributed by atoms with van der Waals surface area (Å²) in [5.41, 5.74) is 2.98. The molecule has 0 unspecified atom stereocenters. The van der Waals surface area contributed by atoms with E-state index in [-0.39, 0.29) is 0 Å². The normalized spacial score (nSPS) is 14.7. The second kappa shape index (κ2) is 5.79. The molecule has 0 aliphatic carbocycles. The van der Waals surface area contributed by atoms with Crippen LogP contribution in [0.2, 0.25) is 0 Å². The lowest BCUT2D eigenvalue weighted by Gasteiger charge is -2.20. The molecule has 0 fully saturated rings. The summed E-state index contributed by atoms with van der Waals surface area (Å²) in [5.74, 6) is 0. The third-order valence-corrected chi connectivity index (χ3v) is 6.72. The molecule has 1 aliphatic rings. The van der Waals surface area contributed by atoms with E-state index in [1.165, 1.54) is 16.9 Å². The first kappa shape index (κ1) is 14.6. The van der Waals surface area contributed by atoms with Gasteiger partial charge in [-0.25, -0.2) is 8.42 Å². The largest absolute Gasteiger partial charge is 0.312 e. The molecule has 112 valence electrons. The lowest BCUT2D eigenvalue weighted by Crippen LogP contribution is -2.25. The number of anilines is 1. The Balaban J connectivity index is 1.92. The second-order valence-corrected chi connectivity index (χ2v) is 8.13. The molecule has 1 aliphatic heterocycles. The van der Waals surface area contributed by atoms with E-state index in [1.54, 1.807) is 6.07 Å². The minimum Gasteiger partial charge on any atom is -0.312 e. The van der Waals surface area contributed by atoms with Crippen LogP contribution in [0.1, 0.15) is 22.9 Å². The highest BCUT2D eigenvalue weighted by molar-refractivity contribution is 7.94. The van der Waals surface area contributed by atoms with E-state index in [9.17, 15) is 8.42 Å². The molecule has 6 heteroatoms. The van der Waals surface area contributed by atoms with Crippen molar-refractivity contribution in [3.8, 4) is 0 Å². The minimum atomic E-state index is -3.49. The van der Waals surface area contributed by atoms with Gasteiger partial charge in [0, 0.05) is 11.4 Å². The van der Waals surface area contributed by atoms with Gasteiger partial charge in [-0.2, -0.15) is 0 Å². The van der Waals surface area contributed by atoms with Crippen molar-refractivity contribution >= 4 is 27.0 Å². The van der Waals surface area contributed by atoms with E-state index in [4.69, 9.17) is 0 Å². The number of hydrogen-bond acceptors (Lipinski definition) is 4. The maximum absolute atomic E-state index is 12.5. The Bertz CT molecular complexity index is 751. The Labute approximate surface area is 129 Å². The van der Waals surface area contributed by atoms with E-state index in [0.29, 0.717) is 9.90 Å². The number of thiophene rings is 1. The number of aryl methyl sites for hydroxylation is 1. The fourth-order valence-electron chi connectivity index (χ4n) is 2.52. The molecule has 0 saturated carbocycles. The monoisotopic (exact) mass is 322 g/mol. The number of benzene rings is 1. The van der Waals surface area contributed by atoms with E-state index in [1.807, 2.05) is 31.2 Å². The average molecular weight is 322 g/mol. The smallest absolute Gasteiger partial charge is 0.271 e. The zero-order valence-corrected chi connectivity index (χ0v) is 13.5. The third kappa shape index (κ3) is 2.97. The van der Waals surface area contributed by atoms with Crippen molar-refractivity contribution in [3.05, 3.63) is 46.3 Å². The molecular formula is C15H18N2O2S2. The summed E-state index contributed by atoms with van der Waals surface area (Å²) in [6, 6.07) is 9.34. The number of fused-ring (bicyclic) bond motifs is 1. The van der Waals surface area contributed by atoms with Crippen molar-refractivity contribution in [2.75, 3.05) is 11.3 Å². The van der Waals surface area contributed by atoms with Crippen LogP contribution in [-0.2, 0) is 29.4 Å². The Morgan fingerprint density at radius 2 is 2.14 bits per heavy atom. The van der Waals surface area contributed by atoms with E-state index < -0.39 is 10.0 Å². The van der Waals surface area contributed by atoms with Gasteiger partial charge in [0.1, 0.15) is 4.21 Å². The third-order valence-electron chi connectivity index (χ3n) is 3.63. The van der Waals surface area contributed by atoms with E-state index in [2.05, 4.69) is 10.0 Å². The highest BCUT2D eigenvalue weighted by Crippen LogP contribution is 2.28. The van der Waals surface area contributed by atoms with Crippen molar-refractivity contribution in [2.24, 2.45) is 0 Å². The van der Waals surface area contributed by atoms with Crippen LogP contribution >= 0.6 is 11.3 Å². The molecule has 2 N–H and O–H groups in total. The number of hydrogen-bond donors (Lipinski definition) is 2. The lowest BCUT2D eigenvalue weighted by molar-refractivity contribution is 0.602. The van der Waals surface area contributed by atoms with Gasteiger partial charge in [-0.1, -0.05) is 19.1 Å². The van der Waals surface area contributed by atoms with Crippen molar-refractivity contribution in [1.29, 1.82) is 0 Å². The summed E-state index contributed by atoms with van der Waals surface area (Å²) in [6.45, 7) is 3.70. The SMILES string of the molecule is CCc1ccc(S(=O)(=O)Nc2cccc3c2CCNC3)s1. The van der Waals surface area contributed by atoms with Gasteiger partial charge in [0.15, 0.2) is 0 Å². The average Bonchev–Trinajstić information content (AvgIpc) is 2.97. The summed E-state index contributed by atoms with van der Waals surface area (Å²) in [4.78, 5) is 1.08. The molecule has 0 bridgehead atoms. The summed E-state index contributed by atoms with van der Waals surface area (Å²) < 4.78 is 28.1. The highest BCUT2D eigenvalue weighted by atomic mass is 32.2. The van der Waals surface area contributed by atoms with E-state index >= 15 is 0 Å². The first-order chi connectivity index (χ1) is 10.1. The first-order valence-corrected chi connectivity index (χ1v) is 9.33. The van der Waals surface area contributed by atoms with E-state index in [0.717, 1.165) is 36.4 Å². The molecule has 0 radical (unpaired) electrons. The van der Waals surface area contributed by atoms with Crippen LogP contribution in [0, 0.1) is 0 Å². The van der Waals surface area contributed by atoms with Gasteiger partial charge in [0.2, 0.25) is 0 Å². The van der Waals surface area contributed by atoms with Crippen LogP contribution in [0.5, 0.6) is 0 Å². The molecular weight excluding hydrogens is 304 g/mol. The Morgan fingerprint density at radius 3 is 2.90 bits per heavy atom. The molecule has 0 atom stereocenters. The fourth-order valence-corrected chi connectivity index (χ4v) is 4.90. The molecule has 3 rings (SSSR count). The Hall–Kier alpha value is -1.37. The molecule has 21 heavy (non-hydrogen) atoms. The van der Waals surface area contributed by atoms with Crippen molar-refractivity contribution in [2.45, 2.75) is 30.5 Å². The van der Waals surface area contributed by atoms with Gasteiger partial charge in [-0.3, -0.25) is 4.72 Å². The molecule has 4 nitrogen and oxygen atoms in total. The van der Waals surface area contributed by atoms with Gasteiger partial charge < -0.3 is 5.32 Å². The zero-order valence-electron chi connectivity index (χ0n) is 11.8.